The second kappa shape index (κ2) is 7.84. The van der Waals surface area contributed by atoms with Gasteiger partial charge in [-0.15, -0.1) is 0 Å². The summed E-state index contributed by atoms with van der Waals surface area (Å²) >= 11 is 0. The summed E-state index contributed by atoms with van der Waals surface area (Å²) in [6.07, 6.45) is 1.09. The van der Waals surface area contributed by atoms with Gasteiger partial charge < -0.3 is 10.1 Å². The molecule has 0 aliphatic rings. The van der Waals surface area contributed by atoms with E-state index >= 15 is 0 Å². The first-order valence-electron chi connectivity index (χ1n) is 7.74. The Balaban J connectivity index is 1.94. The molecule has 0 amide bonds. The van der Waals surface area contributed by atoms with Gasteiger partial charge in [0.25, 0.3) is 0 Å². The molecule has 0 bridgehead atoms. The highest BCUT2D eigenvalue weighted by atomic mass is 16.5. The van der Waals surface area contributed by atoms with Crippen LogP contribution in [-0.2, 0) is 6.61 Å². The minimum Gasteiger partial charge on any atom is -0.489 e. The minimum absolute atomic E-state index is 0.432. The number of benzene rings is 2. The van der Waals surface area contributed by atoms with E-state index in [2.05, 4.69) is 74.6 Å². The molecule has 21 heavy (non-hydrogen) atoms. The molecule has 0 fully saturated rings. The maximum Gasteiger partial charge on any atom is 0.119 e. The van der Waals surface area contributed by atoms with E-state index < -0.39 is 0 Å². The zero-order valence-electron chi connectivity index (χ0n) is 13.2. The molecule has 0 radical (unpaired) electrons. The summed E-state index contributed by atoms with van der Waals surface area (Å²) in [6, 6.07) is 17.3. The normalized spacial score (nSPS) is 12.1. The monoisotopic (exact) mass is 283 g/mol. The molecule has 112 valence electrons. The maximum absolute atomic E-state index is 5.84. The third-order valence-electron chi connectivity index (χ3n) is 3.67. The van der Waals surface area contributed by atoms with E-state index in [9.17, 15) is 0 Å². The average Bonchev–Trinajstić information content (AvgIpc) is 2.53. The lowest BCUT2D eigenvalue weighted by Crippen LogP contribution is -2.19. The summed E-state index contributed by atoms with van der Waals surface area (Å²) < 4.78 is 5.84. The standard InChI is InChI=1S/C19H25NO/c1-4-19(20-5-2)17-10-12-18(13-11-17)21-14-16-8-6-15(3)7-9-16/h6-13,19-20H,4-5,14H2,1-3H3. The molecule has 1 unspecified atom stereocenters. The van der Waals surface area contributed by atoms with Crippen molar-refractivity contribution in [2.75, 3.05) is 6.54 Å². The van der Waals surface area contributed by atoms with Crippen molar-refractivity contribution < 1.29 is 4.74 Å². The molecule has 2 aromatic rings. The molecule has 2 rings (SSSR count). The molecule has 0 heterocycles. The van der Waals surface area contributed by atoms with Crippen LogP contribution in [0.5, 0.6) is 5.75 Å². The SMILES string of the molecule is CCNC(CC)c1ccc(OCc2ccc(C)cc2)cc1. The van der Waals surface area contributed by atoms with Crippen LogP contribution in [0.3, 0.4) is 0 Å². The van der Waals surface area contributed by atoms with E-state index in [1.807, 2.05) is 0 Å². The first kappa shape index (κ1) is 15.6. The number of hydrogen-bond acceptors (Lipinski definition) is 2. The summed E-state index contributed by atoms with van der Waals surface area (Å²) in [4.78, 5) is 0. The van der Waals surface area contributed by atoms with E-state index in [-0.39, 0.29) is 0 Å². The Morgan fingerprint density at radius 3 is 2.19 bits per heavy atom. The van der Waals surface area contributed by atoms with Crippen molar-refractivity contribution in [3.63, 3.8) is 0 Å². The lowest BCUT2D eigenvalue weighted by atomic mass is 10.0. The predicted octanol–water partition coefficient (Wildman–Crippen LogP) is 4.63. The fourth-order valence-corrected chi connectivity index (χ4v) is 2.39. The van der Waals surface area contributed by atoms with Gasteiger partial charge in [0.1, 0.15) is 12.4 Å². The van der Waals surface area contributed by atoms with Crippen molar-refractivity contribution >= 4 is 0 Å². The van der Waals surface area contributed by atoms with Gasteiger partial charge in [0.05, 0.1) is 0 Å². The van der Waals surface area contributed by atoms with Crippen molar-refractivity contribution in [2.45, 2.75) is 39.8 Å². The van der Waals surface area contributed by atoms with Crippen LogP contribution >= 0.6 is 0 Å². The van der Waals surface area contributed by atoms with Gasteiger partial charge in [-0.05, 0) is 43.1 Å². The van der Waals surface area contributed by atoms with Crippen molar-refractivity contribution in [1.82, 2.24) is 5.32 Å². The third-order valence-corrected chi connectivity index (χ3v) is 3.67. The number of ether oxygens (including phenoxy) is 1. The Kier molecular flexibility index (Phi) is 5.82. The van der Waals surface area contributed by atoms with Crippen molar-refractivity contribution in [2.24, 2.45) is 0 Å². The molecule has 0 saturated carbocycles. The quantitative estimate of drug-likeness (QED) is 0.799. The highest BCUT2D eigenvalue weighted by molar-refractivity contribution is 5.30. The molecule has 2 aromatic carbocycles. The van der Waals surface area contributed by atoms with Gasteiger partial charge in [0.2, 0.25) is 0 Å². The molecular formula is C19H25NO. The van der Waals surface area contributed by atoms with Gasteiger partial charge in [-0.1, -0.05) is 55.8 Å². The van der Waals surface area contributed by atoms with Gasteiger partial charge >= 0.3 is 0 Å². The number of aryl methyl sites for hydroxylation is 1. The van der Waals surface area contributed by atoms with Crippen LogP contribution < -0.4 is 10.1 Å². The smallest absolute Gasteiger partial charge is 0.119 e. The number of nitrogens with one attached hydrogen (secondary N) is 1. The fraction of sp³-hybridized carbons (Fsp3) is 0.368. The number of hydrogen-bond donors (Lipinski definition) is 1. The van der Waals surface area contributed by atoms with Crippen LogP contribution in [0.15, 0.2) is 48.5 Å². The van der Waals surface area contributed by atoms with Crippen LogP contribution in [0.4, 0.5) is 0 Å². The lowest BCUT2D eigenvalue weighted by molar-refractivity contribution is 0.306. The van der Waals surface area contributed by atoms with Crippen LogP contribution in [-0.4, -0.2) is 6.54 Å². The second-order valence-corrected chi connectivity index (χ2v) is 5.36. The summed E-state index contributed by atoms with van der Waals surface area (Å²) in [7, 11) is 0. The fourth-order valence-electron chi connectivity index (χ4n) is 2.39. The summed E-state index contributed by atoms with van der Waals surface area (Å²) in [5.41, 5.74) is 3.79. The average molecular weight is 283 g/mol. The molecule has 2 heteroatoms. The summed E-state index contributed by atoms with van der Waals surface area (Å²) in [6.45, 7) is 8.04. The molecule has 1 atom stereocenters. The van der Waals surface area contributed by atoms with Crippen molar-refractivity contribution in [3.8, 4) is 5.75 Å². The lowest BCUT2D eigenvalue weighted by Gasteiger charge is -2.16. The Hall–Kier alpha value is -1.80. The van der Waals surface area contributed by atoms with Crippen LogP contribution in [0.2, 0.25) is 0 Å². The molecule has 0 spiro atoms. The van der Waals surface area contributed by atoms with Gasteiger partial charge in [-0.3, -0.25) is 0 Å². The molecule has 1 N–H and O–H groups in total. The highest BCUT2D eigenvalue weighted by Gasteiger charge is 2.07. The first-order chi connectivity index (χ1) is 10.2. The molecule has 2 nitrogen and oxygen atoms in total. The molecule has 0 aliphatic carbocycles. The summed E-state index contributed by atoms with van der Waals surface area (Å²) in [5.74, 6) is 0.922. The molecule has 0 saturated heterocycles. The molecular weight excluding hydrogens is 258 g/mol. The van der Waals surface area contributed by atoms with Crippen LogP contribution in [0.25, 0.3) is 0 Å². The zero-order chi connectivity index (χ0) is 15.1. The van der Waals surface area contributed by atoms with Crippen molar-refractivity contribution in [1.29, 1.82) is 0 Å². The van der Waals surface area contributed by atoms with E-state index in [1.165, 1.54) is 16.7 Å². The number of rotatable bonds is 7. The highest BCUT2D eigenvalue weighted by Crippen LogP contribution is 2.20. The Bertz CT molecular complexity index is 530. The second-order valence-electron chi connectivity index (χ2n) is 5.36. The largest absolute Gasteiger partial charge is 0.489 e. The maximum atomic E-state index is 5.84. The van der Waals surface area contributed by atoms with Crippen LogP contribution in [0, 0.1) is 6.92 Å². The van der Waals surface area contributed by atoms with E-state index in [0.717, 1.165) is 18.7 Å². The van der Waals surface area contributed by atoms with Gasteiger partial charge in [-0.2, -0.15) is 0 Å². The Labute approximate surface area is 128 Å². The Morgan fingerprint density at radius 1 is 0.952 bits per heavy atom. The Morgan fingerprint density at radius 2 is 1.62 bits per heavy atom. The van der Waals surface area contributed by atoms with Gasteiger partial charge in [-0.25, -0.2) is 0 Å². The molecule has 0 aromatic heterocycles. The van der Waals surface area contributed by atoms with E-state index in [1.54, 1.807) is 0 Å². The van der Waals surface area contributed by atoms with Gasteiger partial charge in [0, 0.05) is 6.04 Å². The van der Waals surface area contributed by atoms with E-state index in [0.29, 0.717) is 12.6 Å². The third kappa shape index (κ3) is 4.61. The predicted molar refractivity (Wildman–Crippen MR) is 88.7 cm³/mol. The first-order valence-corrected chi connectivity index (χ1v) is 7.74. The van der Waals surface area contributed by atoms with Crippen molar-refractivity contribution in [3.05, 3.63) is 65.2 Å². The van der Waals surface area contributed by atoms with Gasteiger partial charge in [0.15, 0.2) is 0 Å². The molecule has 0 aliphatic heterocycles. The zero-order valence-corrected chi connectivity index (χ0v) is 13.2. The van der Waals surface area contributed by atoms with Crippen LogP contribution in [0.1, 0.15) is 43.0 Å². The summed E-state index contributed by atoms with van der Waals surface area (Å²) in [5, 5.41) is 3.49. The topological polar surface area (TPSA) is 21.3 Å². The van der Waals surface area contributed by atoms with E-state index in [4.69, 9.17) is 4.74 Å². The minimum atomic E-state index is 0.432.